The molecule has 7 nitrogen and oxygen atoms in total. The fourth-order valence-corrected chi connectivity index (χ4v) is 4.67. The van der Waals surface area contributed by atoms with E-state index in [-0.39, 0.29) is 0 Å². The molecule has 1 N–H and O–H groups in total. The summed E-state index contributed by atoms with van der Waals surface area (Å²) in [5.74, 6) is 1.91. The van der Waals surface area contributed by atoms with Crippen molar-refractivity contribution in [1.29, 1.82) is 0 Å². The molecule has 1 atom stereocenters. The number of methoxy groups -OCH3 is 1. The molecular formula is C20H27N6OS+. The third-order valence-corrected chi connectivity index (χ3v) is 6.34. The molecule has 8 heteroatoms. The number of thiophene rings is 1. The Labute approximate surface area is 169 Å². The molecule has 1 aromatic carbocycles. The number of rotatable bonds is 7. The van der Waals surface area contributed by atoms with Crippen LogP contribution in [0.5, 0.6) is 5.75 Å². The van der Waals surface area contributed by atoms with Crippen LogP contribution >= 0.6 is 11.3 Å². The highest BCUT2D eigenvalue weighted by molar-refractivity contribution is 7.09. The van der Waals surface area contributed by atoms with Crippen LogP contribution in [0, 0.1) is 0 Å². The fraction of sp³-hybridized carbons (Fsp3) is 0.450. The summed E-state index contributed by atoms with van der Waals surface area (Å²) in [7, 11) is 1.72. The normalized spacial score (nSPS) is 16.3. The van der Waals surface area contributed by atoms with Crippen LogP contribution in [0.3, 0.4) is 0 Å². The van der Waals surface area contributed by atoms with Crippen molar-refractivity contribution in [2.45, 2.75) is 25.9 Å². The number of hydrogen-bond donors (Lipinski definition) is 1. The number of quaternary nitrogens is 1. The SMILES string of the molecule is CC[C@H](c1nnnn1Cc1cccs1)[NH+]1CCN(c2cccc(OC)c2)CC1. The van der Waals surface area contributed by atoms with Gasteiger partial charge in [0.05, 0.1) is 39.8 Å². The number of nitrogens with zero attached hydrogens (tertiary/aromatic N) is 5. The van der Waals surface area contributed by atoms with E-state index in [0.717, 1.165) is 50.7 Å². The fourth-order valence-electron chi connectivity index (χ4n) is 3.99. The zero-order chi connectivity index (χ0) is 19.3. The summed E-state index contributed by atoms with van der Waals surface area (Å²) in [5.41, 5.74) is 1.23. The second-order valence-corrected chi connectivity index (χ2v) is 8.11. The van der Waals surface area contributed by atoms with E-state index in [1.165, 1.54) is 10.6 Å². The van der Waals surface area contributed by atoms with E-state index in [1.807, 2.05) is 10.7 Å². The Morgan fingerprint density at radius 2 is 2.07 bits per heavy atom. The molecule has 0 spiro atoms. The maximum absolute atomic E-state index is 5.37. The lowest BCUT2D eigenvalue weighted by atomic mass is 10.1. The van der Waals surface area contributed by atoms with Crippen LogP contribution in [0.4, 0.5) is 5.69 Å². The van der Waals surface area contributed by atoms with Crippen LogP contribution in [0.1, 0.15) is 30.1 Å². The second-order valence-electron chi connectivity index (χ2n) is 7.08. The number of anilines is 1. The molecule has 2 aromatic heterocycles. The summed E-state index contributed by atoms with van der Waals surface area (Å²) in [6, 6.07) is 12.9. The topological polar surface area (TPSA) is 60.5 Å². The van der Waals surface area contributed by atoms with E-state index in [4.69, 9.17) is 4.74 Å². The van der Waals surface area contributed by atoms with Crippen molar-refractivity contribution < 1.29 is 9.64 Å². The van der Waals surface area contributed by atoms with E-state index in [1.54, 1.807) is 23.3 Å². The van der Waals surface area contributed by atoms with Crippen molar-refractivity contribution in [1.82, 2.24) is 20.2 Å². The minimum atomic E-state index is 0.322. The summed E-state index contributed by atoms with van der Waals surface area (Å²) in [4.78, 5) is 5.28. The highest BCUT2D eigenvalue weighted by Gasteiger charge is 2.31. The molecule has 0 bridgehead atoms. The van der Waals surface area contributed by atoms with Gasteiger partial charge in [-0.25, -0.2) is 4.68 Å². The van der Waals surface area contributed by atoms with Crippen molar-refractivity contribution in [3.8, 4) is 5.75 Å². The smallest absolute Gasteiger partial charge is 0.209 e. The van der Waals surface area contributed by atoms with Crippen molar-refractivity contribution in [3.05, 3.63) is 52.5 Å². The average molecular weight is 400 g/mol. The van der Waals surface area contributed by atoms with E-state index < -0.39 is 0 Å². The van der Waals surface area contributed by atoms with Crippen LogP contribution in [-0.4, -0.2) is 53.5 Å². The van der Waals surface area contributed by atoms with Gasteiger partial charge < -0.3 is 14.5 Å². The third kappa shape index (κ3) is 4.02. The van der Waals surface area contributed by atoms with Gasteiger partial charge in [-0.1, -0.05) is 19.1 Å². The molecule has 0 radical (unpaired) electrons. The van der Waals surface area contributed by atoms with Crippen LogP contribution < -0.4 is 14.5 Å². The summed E-state index contributed by atoms with van der Waals surface area (Å²) in [6.45, 7) is 7.16. The van der Waals surface area contributed by atoms with E-state index in [0.29, 0.717) is 6.04 Å². The highest BCUT2D eigenvalue weighted by Crippen LogP contribution is 2.21. The molecule has 1 aliphatic heterocycles. The lowest BCUT2D eigenvalue weighted by Crippen LogP contribution is -3.15. The average Bonchev–Trinajstić information content (AvgIpc) is 3.42. The Hall–Kier alpha value is -2.45. The Morgan fingerprint density at radius 1 is 1.21 bits per heavy atom. The third-order valence-electron chi connectivity index (χ3n) is 5.48. The maximum Gasteiger partial charge on any atom is 0.209 e. The van der Waals surface area contributed by atoms with Gasteiger partial charge in [-0.2, -0.15) is 0 Å². The number of benzene rings is 1. The maximum atomic E-state index is 5.37. The van der Waals surface area contributed by atoms with Gasteiger partial charge in [0.15, 0.2) is 0 Å². The molecule has 1 aliphatic rings. The first kappa shape index (κ1) is 18.9. The quantitative estimate of drug-likeness (QED) is 0.655. The van der Waals surface area contributed by atoms with Gasteiger partial charge in [0, 0.05) is 23.1 Å². The summed E-state index contributed by atoms with van der Waals surface area (Å²) >= 11 is 1.75. The molecule has 3 aromatic rings. The van der Waals surface area contributed by atoms with E-state index in [2.05, 4.69) is 63.1 Å². The lowest BCUT2D eigenvalue weighted by molar-refractivity contribution is -0.933. The number of hydrogen-bond acceptors (Lipinski definition) is 6. The van der Waals surface area contributed by atoms with Crippen molar-refractivity contribution in [2.75, 3.05) is 38.2 Å². The van der Waals surface area contributed by atoms with Gasteiger partial charge in [0.2, 0.25) is 5.82 Å². The number of tetrazole rings is 1. The number of nitrogens with one attached hydrogen (secondary N) is 1. The highest BCUT2D eigenvalue weighted by atomic mass is 32.1. The first-order valence-corrected chi connectivity index (χ1v) is 10.7. The number of aromatic nitrogens is 4. The minimum absolute atomic E-state index is 0.322. The summed E-state index contributed by atoms with van der Waals surface area (Å²) in [5, 5.41) is 14.7. The predicted octanol–water partition coefficient (Wildman–Crippen LogP) is 1.65. The van der Waals surface area contributed by atoms with Gasteiger partial charge in [0.1, 0.15) is 11.8 Å². The van der Waals surface area contributed by atoms with Gasteiger partial charge >= 0.3 is 0 Å². The van der Waals surface area contributed by atoms with E-state index in [9.17, 15) is 0 Å². The molecule has 4 rings (SSSR count). The van der Waals surface area contributed by atoms with Crippen LogP contribution in [0.25, 0.3) is 0 Å². The zero-order valence-corrected chi connectivity index (χ0v) is 17.2. The molecule has 148 valence electrons. The van der Waals surface area contributed by atoms with E-state index >= 15 is 0 Å². The Bertz CT molecular complexity index is 872. The standard InChI is InChI=1S/C20H26N6OS/c1-3-19(20-21-22-23-26(20)15-18-8-5-13-28-18)25-11-9-24(10-12-25)16-6-4-7-17(14-16)27-2/h4-8,13-14,19H,3,9-12,15H2,1-2H3/p+1/t19-/m1/s1. The molecule has 0 aliphatic carbocycles. The zero-order valence-electron chi connectivity index (χ0n) is 16.4. The van der Waals surface area contributed by atoms with Gasteiger partial charge in [-0.3, -0.25) is 0 Å². The lowest BCUT2D eigenvalue weighted by Gasteiger charge is -2.37. The molecule has 0 unspecified atom stereocenters. The van der Waals surface area contributed by atoms with Crippen LogP contribution in [0.15, 0.2) is 41.8 Å². The molecular weight excluding hydrogens is 372 g/mol. The van der Waals surface area contributed by atoms with Gasteiger partial charge in [-0.15, -0.1) is 16.4 Å². The largest absolute Gasteiger partial charge is 0.497 e. The monoisotopic (exact) mass is 399 g/mol. The number of piperazine rings is 1. The molecule has 1 fully saturated rings. The summed E-state index contributed by atoms with van der Waals surface area (Å²) in [6.07, 6.45) is 1.03. The van der Waals surface area contributed by atoms with Crippen molar-refractivity contribution in [2.24, 2.45) is 0 Å². The minimum Gasteiger partial charge on any atom is -0.497 e. The molecule has 3 heterocycles. The molecule has 0 amide bonds. The molecule has 28 heavy (non-hydrogen) atoms. The first-order valence-electron chi connectivity index (χ1n) is 9.80. The van der Waals surface area contributed by atoms with Crippen molar-refractivity contribution >= 4 is 17.0 Å². The second kappa shape index (κ2) is 8.70. The van der Waals surface area contributed by atoms with Gasteiger partial charge in [-0.05, 0) is 34.0 Å². The summed E-state index contributed by atoms with van der Waals surface area (Å²) < 4.78 is 7.35. The molecule has 0 saturated carbocycles. The predicted molar refractivity (Wildman–Crippen MR) is 110 cm³/mol. The van der Waals surface area contributed by atoms with Crippen LogP contribution in [-0.2, 0) is 6.54 Å². The Kier molecular flexibility index (Phi) is 5.87. The number of ether oxygens (including phenoxy) is 1. The van der Waals surface area contributed by atoms with Gasteiger partial charge in [0.25, 0.3) is 0 Å². The molecule has 1 saturated heterocycles. The Balaban J connectivity index is 1.44. The van der Waals surface area contributed by atoms with Crippen molar-refractivity contribution in [3.63, 3.8) is 0 Å². The Morgan fingerprint density at radius 3 is 2.79 bits per heavy atom. The first-order chi connectivity index (χ1) is 13.8. The van der Waals surface area contributed by atoms with Crippen LogP contribution in [0.2, 0.25) is 0 Å².